The van der Waals surface area contributed by atoms with E-state index >= 15 is 0 Å². The van der Waals surface area contributed by atoms with E-state index in [9.17, 15) is 24.9 Å². The zero-order chi connectivity index (χ0) is 36.5. The summed E-state index contributed by atoms with van der Waals surface area (Å²) in [5, 5.41) is 38.6. The number of H-pyrrole nitrogens is 1. The number of hydrogen-bond acceptors (Lipinski definition) is 7. The van der Waals surface area contributed by atoms with Crippen molar-refractivity contribution in [2.45, 2.75) is 69.4 Å². The number of aromatic nitrogens is 1. The van der Waals surface area contributed by atoms with E-state index < -0.39 is 17.7 Å². The summed E-state index contributed by atoms with van der Waals surface area (Å²) in [5.41, 5.74) is 1.48. The highest BCUT2D eigenvalue weighted by atomic mass is 35.5. The number of piperidine rings is 3. The number of nitrogens with one attached hydrogen (secondary N) is 3. The Morgan fingerprint density at radius 1 is 0.942 bits per heavy atom. The van der Waals surface area contributed by atoms with Crippen LogP contribution in [-0.2, 0) is 5.54 Å². The number of aliphatic hydroxyl groups excluding tert-OH is 1. The number of aliphatic hydroxyl groups is 1. The lowest BCUT2D eigenvalue weighted by atomic mass is 9.63. The van der Waals surface area contributed by atoms with Crippen LogP contribution in [0, 0.1) is 11.8 Å². The van der Waals surface area contributed by atoms with Gasteiger partial charge in [0.25, 0.3) is 0 Å². The van der Waals surface area contributed by atoms with Gasteiger partial charge in [0.05, 0.1) is 23.8 Å². The first kappa shape index (κ1) is 37.7. The van der Waals surface area contributed by atoms with Crippen LogP contribution in [0.15, 0.2) is 77.6 Å². The number of nitrogens with zero attached hydrogens (tertiary/aromatic N) is 1. The van der Waals surface area contributed by atoms with Crippen LogP contribution in [0.1, 0.15) is 80.6 Å². The van der Waals surface area contributed by atoms with Gasteiger partial charge in [0, 0.05) is 35.5 Å². The maximum Gasteiger partial charge on any atom is 0.405 e. The van der Waals surface area contributed by atoms with E-state index in [1.807, 2.05) is 48.5 Å². The molecule has 6 N–H and O–H groups in total. The fourth-order valence-electron chi connectivity index (χ4n) is 8.35. The van der Waals surface area contributed by atoms with E-state index in [4.69, 9.17) is 16.3 Å². The molecule has 3 aliphatic heterocycles. The Balaban J connectivity index is 0.937. The Morgan fingerprint density at radius 3 is 2.37 bits per heavy atom. The number of hydrogen-bond donors (Lipinski definition) is 6. The fraction of sp³-hybridized carbons (Fsp3) is 0.463. The van der Waals surface area contributed by atoms with Crippen molar-refractivity contribution in [2.75, 3.05) is 39.3 Å². The first-order valence-corrected chi connectivity index (χ1v) is 19.1. The number of aromatic amines is 1. The molecular weight excluding hydrogens is 680 g/mol. The molecule has 52 heavy (non-hydrogen) atoms. The number of carboxylic acid groups (broad SMARTS) is 1. The topological polar surface area (TPSA) is 147 Å². The van der Waals surface area contributed by atoms with Crippen molar-refractivity contribution in [3.63, 3.8) is 0 Å². The Hall–Kier alpha value is -4.09. The van der Waals surface area contributed by atoms with E-state index in [0.29, 0.717) is 40.6 Å². The standard InChI is InChI=1S/C41H51ClN4O6/c42-31-12-8-10-29(24-31)41(45-40(50)51,35-27-46-21-18-28(35)19-22-46)30-11-9-13-32(25-30)52-23-7-5-3-1-2-4-6-20-43-26-37(48)33-14-16-36(47)39-34(33)15-17-38(49)44-39/h8-17,24-25,28,35,37,43,45,47-48H,1-7,18-23,26-27H2,(H,44,49)(H,50,51)/t35-,37-,41?/m0/s1. The predicted octanol–water partition coefficient (Wildman–Crippen LogP) is 7.17. The minimum absolute atomic E-state index is 0.0159. The number of unbranched alkanes of at least 4 members (excludes halogenated alkanes) is 6. The van der Waals surface area contributed by atoms with Crippen LogP contribution in [0.2, 0.25) is 5.02 Å². The van der Waals surface area contributed by atoms with Crippen LogP contribution < -0.4 is 20.9 Å². The van der Waals surface area contributed by atoms with Gasteiger partial charge >= 0.3 is 6.09 Å². The molecule has 3 aromatic carbocycles. The Bertz CT molecular complexity index is 1860. The fourth-order valence-corrected chi connectivity index (χ4v) is 8.54. The molecule has 11 heteroatoms. The highest BCUT2D eigenvalue weighted by molar-refractivity contribution is 6.30. The summed E-state index contributed by atoms with van der Waals surface area (Å²) in [5.74, 6) is 1.18. The number of fused-ring (bicyclic) bond motifs is 4. The minimum Gasteiger partial charge on any atom is -0.506 e. The Kier molecular flexibility index (Phi) is 12.8. The first-order valence-electron chi connectivity index (χ1n) is 18.7. The molecule has 0 aliphatic carbocycles. The van der Waals surface area contributed by atoms with Crippen molar-refractivity contribution in [3.8, 4) is 11.5 Å². The summed E-state index contributed by atoms with van der Waals surface area (Å²) in [6.45, 7) is 4.72. The zero-order valence-corrected chi connectivity index (χ0v) is 30.4. The summed E-state index contributed by atoms with van der Waals surface area (Å²) in [6, 6.07) is 21.8. The third kappa shape index (κ3) is 8.92. The van der Waals surface area contributed by atoms with Crippen molar-refractivity contribution in [3.05, 3.63) is 105 Å². The number of amides is 1. The third-order valence-electron chi connectivity index (χ3n) is 11.0. The maximum atomic E-state index is 12.5. The highest BCUT2D eigenvalue weighted by Gasteiger charge is 2.51. The number of phenolic OH excluding ortho intramolecular Hbond substituents is 1. The van der Waals surface area contributed by atoms with Crippen LogP contribution in [0.4, 0.5) is 4.79 Å². The van der Waals surface area contributed by atoms with E-state index in [1.165, 1.54) is 12.1 Å². The van der Waals surface area contributed by atoms with Crippen LogP contribution in [0.25, 0.3) is 10.9 Å². The lowest BCUT2D eigenvalue weighted by Crippen LogP contribution is -2.61. The monoisotopic (exact) mass is 730 g/mol. The molecule has 1 aromatic heterocycles. The van der Waals surface area contributed by atoms with Crippen LogP contribution in [0.5, 0.6) is 11.5 Å². The number of phenols is 1. The summed E-state index contributed by atoms with van der Waals surface area (Å²) >= 11 is 6.50. The minimum atomic E-state index is -1.06. The zero-order valence-electron chi connectivity index (χ0n) is 29.7. The molecule has 2 bridgehead atoms. The first-order chi connectivity index (χ1) is 25.2. The van der Waals surface area contributed by atoms with Crippen LogP contribution >= 0.6 is 11.6 Å². The smallest absolute Gasteiger partial charge is 0.405 e. The number of carbonyl (C=O) groups is 1. The molecule has 278 valence electrons. The van der Waals surface area contributed by atoms with Crippen LogP contribution in [-0.4, -0.2) is 70.6 Å². The molecule has 4 aromatic rings. The van der Waals surface area contributed by atoms with Gasteiger partial charge in [-0.1, -0.05) is 74.0 Å². The summed E-state index contributed by atoms with van der Waals surface area (Å²) in [4.78, 5) is 29.2. The number of rotatable bonds is 18. The van der Waals surface area contributed by atoms with Gasteiger partial charge < -0.3 is 40.6 Å². The lowest BCUT2D eigenvalue weighted by Gasteiger charge is -2.53. The van der Waals surface area contributed by atoms with Crippen molar-refractivity contribution in [2.24, 2.45) is 11.8 Å². The Labute approximate surface area is 310 Å². The molecule has 3 saturated heterocycles. The second kappa shape index (κ2) is 17.6. The van der Waals surface area contributed by atoms with Gasteiger partial charge in [-0.3, -0.25) is 4.79 Å². The predicted molar refractivity (Wildman–Crippen MR) is 204 cm³/mol. The normalized spacial score (nSPS) is 20.0. The summed E-state index contributed by atoms with van der Waals surface area (Å²) < 4.78 is 6.25. The molecule has 3 aliphatic rings. The van der Waals surface area contributed by atoms with Crippen molar-refractivity contribution in [1.82, 2.24) is 20.5 Å². The second-order valence-corrected chi connectivity index (χ2v) is 14.8. The van der Waals surface area contributed by atoms with E-state index in [2.05, 4.69) is 20.5 Å². The average molecular weight is 731 g/mol. The van der Waals surface area contributed by atoms with Crippen molar-refractivity contribution in [1.29, 1.82) is 0 Å². The van der Waals surface area contributed by atoms with Gasteiger partial charge in [-0.2, -0.15) is 0 Å². The van der Waals surface area contributed by atoms with Gasteiger partial charge in [0.2, 0.25) is 5.56 Å². The molecular formula is C41H51ClN4O6. The van der Waals surface area contributed by atoms with Gasteiger partial charge in [0.1, 0.15) is 11.5 Å². The molecule has 0 spiro atoms. The van der Waals surface area contributed by atoms with E-state index in [-0.39, 0.29) is 17.2 Å². The number of pyridine rings is 1. The lowest BCUT2D eigenvalue weighted by molar-refractivity contribution is 0.00716. The average Bonchev–Trinajstić information content (AvgIpc) is 3.15. The maximum absolute atomic E-state index is 12.5. The SMILES string of the molecule is O=C(O)NC(c1cccc(Cl)c1)(c1cccc(OCCCCCCCCCNC[C@H](O)c2ccc(O)c3[nH]c(=O)ccc23)c1)[C@H]1CN2CCC1CC2. The number of halogens is 1. The summed E-state index contributed by atoms with van der Waals surface area (Å²) in [7, 11) is 0. The molecule has 0 radical (unpaired) electrons. The molecule has 1 unspecified atom stereocenters. The molecule has 4 heterocycles. The quantitative estimate of drug-likeness (QED) is 0.0591. The Morgan fingerprint density at radius 2 is 1.65 bits per heavy atom. The molecule has 0 saturated carbocycles. The molecule has 7 rings (SSSR count). The second-order valence-electron chi connectivity index (χ2n) is 14.3. The summed E-state index contributed by atoms with van der Waals surface area (Å²) in [6.07, 6.45) is 7.85. The van der Waals surface area contributed by atoms with Gasteiger partial charge in [0.15, 0.2) is 0 Å². The highest BCUT2D eigenvalue weighted by Crippen LogP contribution is 2.48. The van der Waals surface area contributed by atoms with E-state index in [1.54, 1.807) is 12.1 Å². The van der Waals surface area contributed by atoms with E-state index in [0.717, 1.165) is 101 Å². The molecule has 10 nitrogen and oxygen atoms in total. The number of ether oxygens (including phenoxy) is 1. The van der Waals surface area contributed by atoms with Gasteiger partial charge in [-0.15, -0.1) is 0 Å². The number of aromatic hydroxyl groups is 1. The van der Waals surface area contributed by atoms with Crippen LogP contribution in [0.3, 0.4) is 0 Å². The third-order valence-corrected chi connectivity index (χ3v) is 11.2. The van der Waals surface area contributed by atoms with Gasteiger partial charge in [-0.25, -0.2) is 4.79 Å². The molecule has 3 atom stereocenters. The largest absolute Gasteiger partial charge is 0.506 e. The van der Waals surface area contributed by atoms with Crippen molar-refractivity contribution < 1.29 is 24.9 Å². The van der Waals surface area contributed by atoms with Gasteiger partial charge in [-0.05, 0) is 104 Å². The molecule has 3 fully saturated rings. The molecule has 1 amide bonds. The number of benzene rings is 3. The van der Waals surface area contributed by atoms with Crippen molar-refractivity contribution >= 4 is 28.6 Å².